The van der Waals surface area contributed by atoms with E-state index in [4.69, 9.17) is 34.1 Å². The number of nitrogens with one attached hydrogen (secondary N) is 1. The molecule has 6 heteroatoms. The fourth-order valence-corrected chi connectivity index (χ4v) is 1.34. The number of nitrogens with zero attached hydrogens (tertiary/aromatic N) is 1. The van der Waals surface area contributed by atoms with E-state index in [2.05, 4.69) is 4.99 Å². The van der Waals surface area contributed by atoms with Crippen molar-refractivity contribution >= 4 is 34.8 Å². The van der Waals surface area contributed by atoms with Crippen LogP contribution in [0.3, 0.4) is 0 Å². The summed E-state index contributed by atoms with van der Waals surface area (Å²) >= 11 is 11.8. The van der Waals surface area contributed by atoms with E-state index < -0.39 is 0 Å². The zero-order chi connectivity index (χ0) is 10.7. The van der Waals surface area contributed by atoms with Crippen LogP contribution in [0, 0.1) is 6.92 Å². The van der Waals surface area contributed by atoms with Gasteiger partial charge in [-0.3, -0.25) is 5.21 Å². The average Bonchev–Trinajstić information content (AvgIpc) is 2.18. The molecule has 1 aromatic carbocycles. The minimum absolute atomic E-state index is 0.167. The Kier molecular flexibility index (Phi) is 3.57. The fourth-order valence-electron chi connectivity index (χ4n) is 0.890. The maximum absolute atomic E-state index is 8.46. The molecule has 76 valence electrons. The van der Waals surface area contributed by atoms with Gasteiger partial charge in [-0.05, 0) is 18.6 Å². The minimum atomic E-state index is -0.167. The summed E-state index contributed by atoms with van der Waals surface area (Å²) in [5.41, 5.74) is 8.14. The number of hydrogen-bond acceptors (Lipinski definition) is 2. The number of aryl methyl sites for hydroxylation is 1. The molecular weight excluding hydrogens is 225 g/mol. The Bertz CT molecular complexity index is 379. The monoisotopic (exact) mass is 233 g/mol. The smallest absolute Gasteiger partial charge is 0.218 e. The number of guanidine groups is 1. The van der Waals surface area contributed by atoms with Crippen molar-refractivity contribution in [2.24, 2.45) is 10.7 Å². The van der Waals surface area contributed by atoms with Crippen LogP contribution in [0.5, 0.6) is 0 Å². The lowest BCUT2D eigenvalue weighted by Crippen LogP contribution is -2.27. The predicted molar refractivity (Wildman–Crippen MR) is 57.4 cm³/mol. The van der Waals surface area contributed by atoms with E-state index in [9.17, 15) is 0 Å². The van der Waals surface area contributed by atoms with Gasteiger partial charge in [0.1, 0.15) is 5.69 Å². The van der Waals surface area contributed by atoms with Gasteiger partial charge in [-0.1, -0.05) is 29.3 Å². The summed E-state index contributed by atoms with van der Waals surface area (Å²) in [5, 5.41) is 9.24. The molecule has 0 aliphatic heterocycles. The lowest BCUT2D eigenvalue weighted by Gasteiger charge is -2.05. The van der Waals surface area contributed by atoms with Gasteiger partial charge >= 0.3 is 0 Å². The fraction of sp³-hybridized carbons (Fsp3) is 0.125. The molecule has 0 bridgehead atoms. The van der Waals surface area contributed by atoms with Crippen LogP contribution in [-0.2, 0) is 0 Å². The molecule has 0 unspecified atom stereocenters. The maximum Gasteiger partial charge on any atom is 0.218 e. The van der Waals surface area contributed by atoms with Crippen LogP contribution in [0.2, 0.25) is 10.0 Å². The lowest BCUT2D eigenvalue weighted by molar-refractivity contribution is 0.233. The molecule has 0 atom stereocenters. The summed E-state index contributed by atoms with van der Waals surface area (Å²) in [4.78, 5) is 3.81. The number of hydroxylamine groups is 1. The third-order valence-corrected chi connectivity index (χ3v) is 2.39. The van der Waals surface area contributed by atoms with Crippen molar-refractivity contribution in [3.63, 3.8) is 0 Å². The zero-order valence-electron chi connectivity index (χ0n) is 7.38. The molecule has 0 spiro atoms. The number of benzene rings is 1. The van der Waals surface area contributed by atoms with Crippen molar-refractivity contribution in [2.75, 3.05) is 0 Å². The highest BCUT2D eigenvalue weighted by atomic mass is 35.5. The number of rotatable bonds is 1. The van der Waals surface area contributed by atoms with Crippen molar-refractivity contribution in [3.8, 4) is 0 Å². The number of halogens is 2. The largest absolute Gasteiger partial charge is 0.368 e. The average molecular weight is 234 g/mol. The Balaban J connectivity index is 3.26. The van der Waals surface area contributed by atoms with Crippen molar-refractivity contribution < 1.29 is 5.21 Å². The van der Waals surface area contributed by atoms with Crippen LogP contribution >= 0.6 is 23.2 Å². The maximum atomic E-state index is 8.46. The van der Waals surface area contributed by atoms with Gasteiger partial charge in [0.05, 0.1) is 10.0 Å². The Morgan fingerprint density at radius 3 is 2.71 bits per heavy atom. The zero-order valence-corrected chi connectivity index (χ0v) is 8.89. The third kappa shape index (κ3) is 2.29. The summed E-state index contributed by atoms with van der Waals surface area (Å²) in [6.45, 7) is 1.82. The van der Waals surface area contributed by atoms with E-state index in [1.54, 1.807) is 17.6 Å². The van der Waals surface area contributed by atoms with Crippen LogP contribution in [0.25, 0.3) is 0 Å². The van der Waals surface area contributed by atoms with E-state index in [0.29, 0.717) is 15.7 Å². The first-order chi connectivity index (χ1) is 6.56. The molecule has 1 rings (SSSR count). The Morgan fingerprint density at radius 2 is 2.14 bits per heavy atom. The molecule has 4 nitrogen and oxygen atoms in total. The van der Waals surface area contributed by atoms with Crippen molar-refractivity contribution in [1.82, 2.24) is 5.48 Å². The second-order valence-electron chi connectivity index (χ2n) is 2.64. The molecule has 0 aromatic heterocycles. The van der Waals surface area contributed by atoms with E-state index in [1.165, 1.54) is 0 Å². The lowest BCUT2D eigenvalue weighted by atomic mass is 10.2. The van der Waals surface area contributed by atoms with Crippen molar-refractivity contribution in [2.45, 2.75) is 6.92 Å². The molecule has 0 radical (unpaired) electrons. The molecule has 0 heterocycles. The molecule has 0 saturated carbocycles. The van der Waals surface area contributed by atoms with Gasteiger partial charge in [0.25, 0.3) is 0 Å². The second-order valence-corrected chi connectivity index (χ2v) is 3.42. The molecular formula is C8H9Cl2N3O. The molecule has 0 aliphatic carbocycles. The SMILES string of the molecule is Cc1ccc(Cl)c(N=C(N)NO)c1Cl. The van der Waals surface area contributed by atoms with Gasteiger partial charge in [-0.25, -0.2) is 10.5 Å². The summed E-state index contributed by atoms with van der Waals surface area (Å²) in [6, 6.07) is 3.43. The third-order valence-electron chi connectivity index (χ3n) is 1.61. The predicted octanol–water partition coefficient (Wildman–Crippen LogP) is 2.23. The summed E-state index contributed by atoms with van der Waals surface area (Å²) < 4.78 is 0. The standard InChI is InChI=1S/C8H9Cl2N3O/c1-4-2-3-5(9)7(6(4)10)12-8(11)13-14/h2-3,14H,1H3,(H3,11,12,13). The van der Waals surface area contributed by atoms with Gasteiger partial charge in [-0.15, -0.1) is 0 Å². The van der Waals surface area contributed by atoms with Crippen molar-refractivity contribution in [1.29, 1.82) is 0 Å². The topological polar surface area (TPSA) is 70.6 Å². The van der Waals surface area contributed by atoms with Crippen molar-refractivity contribution in [3.05, 3.63) is 27.7 Å². The molecule has 0 aliphatic rings. The minimum Gasteiger partial charge on any atom is -0.368 e. The van der Waals surface area contributed by atoms with Crippen LogP contribution in [0.1, 0.15) is 5.56 Å². The first-order valence-electron chi connectivity index (χ1n) is 3.75. The first kappa shape index (κ1) is 11.1. The van der Waals surface area contributed by atoms with Gasteiger partial charge in [0.15, 0.2) is 0 Å². The Hall–Kier alpha value is -0.970. The highest BCUT2D eigenvalue weighted by molar-refractivity contribution is 6.39. The van der Waals surface area contributed by atoms with Crippen LogP contribution in [0.15, 0.2) is 17.1 Å². The molecule has 0 saturated heterocycles. The van der Waals surface area contributed by atoms with E-state index in [1.807, 2.05) is 6.92 Å². The summed E-state index contributed by atoms with van der Waals surface area (Å²) in [6.07, 6.45) is 0. The highest BCUT2D eigenvalue weighted by Crippen LogP contribution is 2.35. The van der Waals surface area contributed by atoms with Gasteiger partial charge in [-0.2, -0.15) is 0 Å². The Morgan fingerprint density at radius 1 is 1.50 bits per heavy atom. The summed E-state index contributed by atoms with van der Waals surface area (Å²) in [5.74, 6) is -0.167. The number of nitrogens with two attached hydrogens (primary N) is 1. The molecule has 4 N–H and O–H groups in total. The highest BCUT2D eigenvalue weighted by Gasteiger charge is 2.07. The molecule has 14 heavy (non-hydrogen) atoms. The molecule has 0 amide bonds. The number of hydrogen-bond donors (Lipinski definition) is 3. The first-order valence-corrected chi connectivity index (χ1v) is 4.50. The van der Waals surface area contributed by atoms with Gasteiger partial charge in [0, 0.05) is 0 Å². The van der Waals surface area contributed by atoms with E-state index in [0.717, 1.165) is 5.56 Å². The van der Waals surface area contributed by atoms with E-state index in [-0.39, 0.29) is 5.96 Å². The van der Waals surface area contributed by atoms with Crippen LogP contribution in [0.4, 0.5) is 5.69 Å². The quantitative estimate of drug-likeness (QED) is 0.396. The normalized spacial score (nSPS) is 11.6. The van der Waals surface area contributed by atoms with Crippen LogP contribution < -0.4 is 11.2 Å². The number of aliphatic imine (C=N–C) groups is 1. The van der Waals surface area contributed by atoms with E-state index >= 15 is 0 Å². The molecule has 0 fully saturated rings. The van der Waals surface area contributed by atoms with Gasteiger partial charge < -0.3 is 5.73 Å². The summed E-state index contributed by atoms with van der Waals surface area (Å²) in [7, 11) is 0. The second kappa shape index (κ2) is 4.50. The molecule has 1 aromatic rings. The van der Waals surface area contributed by atoms with Gasteiger partial charge in [0.2, 0.25) is 5.96 Å². The van der Waals surface area contributed by atoms with Crippen LogP contribution in [-0.4, -0.2) is 11.2 Å². The Labute approximate surface area is 91.3 Å².